The van der Waals surface area contributed by atoms with Gasteiger partial charge in [0, 0.05) is 44.5 Å². The van der Waals surface area contributed by atoms with E-state index in [2.05, 4.69) is 23.4 Å². The fourth-order valence-electron chi connectivity index (χ4n) is 2.04. The van der Waals surface area contributed by atoms with Crippen molar-refractivity contribution in [1.82, 2.24) is 19.4 Å². The van der Waals surface area contributed by atoms with Gasteiger partial charge in [-0.1, -0.05) is 13.0 Å². The second-order valence-corrected chi connectivity index (χ2v) is 4.84. The maximum Gasteiger partial charge on any atom is 0.250 e. The molecule has 0 amide bonds. The van der Waals surface area contributed by atoms with E-state index in [4.69, 9.17) is 0 Å². The lowest BCUT2D eigenvalue weighted by Crippen LogP contribution is -2.20. The molecule has 108 valence electrons. The zero-order valence-electron chi connectivity index (χ0n) is 12.0. The van der Waals surface area contributed by atoms with Crippen LogP contribution in [0, 0.1) is 0 Å². The van der Waals surface area contributed by atoms with Gasteiger partial charge in [-0.25, -0.2) is 4.98 Å². The molecule has 2 aromatic rings. The summed E-state index contributed by atoms with van der Waals surface area (Å²) in [4.78, 5) is 16.0. The lowest BCUT2D eigenvalue weighted by atomic mass is 10.3. The van der Waals surface area contributed by atoms with Crippen LogP contribution in [0.2, 0.25) is 0 Å². The van der Waals surface area contributed by atoms with E-state index < -0.39 is 0 Å². The quantitative estimate of drug-likeness (QED) is 0.738. The first-order chi connectivity index (χ1) is 9.79. The fourth-order valence-corrected chi connectivity index (χ4v) is 2.04. The zero-order valence-corrected chi connectivity index (χ0v) is 12.0. The maximum absolute atomic E-state index is 11.6. The fraction of sp³-hybridized carbons (Fsp3) is 0.467. The van der Waals surface area contributed by atoms with Gasteiger partial charge in [-0.3, -0.25) is 4.79 Å². The van der Waals surface area contributed by atoms with Crippen molar-refractivity contribution in [3.05, 3.63) is 53.0 Å². The molecular formula is C15H22N4O. The number of hydrogen-bond acceptors (Lipinski definition) is 3. The molecule has 0 radical (unpaired) electrons. The molecule has 2 rings (SSSR count). The standard InChI is InChI=1S/C15H22N4O/c1-2-7-16-8-6-14-12-18(13-17-14)10-11-19-9-4-3-5-15(19)20/h3-5,9,12-13,16H,2,6-8,10-11H2,1H3. The molecule has 0 atom stereocenters. The highest BCUT2D eigenvalue weighted by molar-refractivity contribution is 4.97. The zero-order chi connectivity index (χ0) is 14.2. The van der Waals surface area contributed by atoms with E-state index in [1.807, 2.05) is 23.2 Å². The molecule has 0 aromatic carbocycles. The Morgan fingerprint density at radius 2 is 2.15 bits per heavy atom. The number of rotatable bonds is 8. The molecule has 0 saturated carbocycles. The molecule has 2 heterocycles. The van der Waals surface area contributed by atoms with E-state index in [-0.39, 0.29) is 5.56 Å². The molecule has 0 aliphatic heterocycles. The first kappa shape index (κ1) is 14.5. The first-order valence-corrected chi connectivity index (χ1v) is 7.16. The van der Waals surface area contributed by atoms with Gasteiger partial charge in [-0.2, -0.15) is 0 Å². The second-order valence-electron chi connectivity index (χ2n) is 4.84. The third-order valence-corrected chi connectivity index (χ3v) is 3.17. The maximum atomic E-state index is 11.6. The topological polar surface area (TPSA) is 51.9 Å². The molecule has 0 saturated heterocycles. The van der Waals surface area contributed by atoms with Crippen molar-refractivity contribution in [2.24, 2.45) is 0 Å². The average Bonchev–Trinajstić information content (AvgIpc) is 2.91. The molecule has 0 bridgehead atoms. The Balaban J connectivity index is 1.81. The van der Waals surface area contributed by atoms with Crippen molar-refractivity contribution in [2.45, 2.75) is 32.9 Å². The van der Waals surface area contributed by atoms with Gasteiger partial charge in [0.15, 0.2) is 0 Å². The van der Waals surface area contributed by atoms with Crippen LogP contribution in [0.5, 0.6) is 0 Å². The van der Waals surface area contributed by atoms with E-state index >= 15 is 0 Å². The predicted molar refractivity (Wildman–Crippen MR) is 79.8 cm³/mol. The number of hydrogen-bond donors (Lipinski definition) is 1. The van der Waals surface area contributed by atoms with Crippen molar-refractivity contribution in [3.8, 4) is 0 Å². The van der Waals surface area contributed by atoms with E-state index in [1.54, 1.807) is 16.7 Å². The minimum Gasteiger partial charge on any atom is -0.335 e. The Kier molecular flexibility index (Phi) is 5.55. The average molecular weight is 274 g/mol. The summed E-state index contributed by atoms with van der Waals surface area (Å²) in [7, 11) is 0. The molecule has 1 N–H and O–H groups in total. The van der Waals surface area contributed by atoms with Gasteiger partial charge in [0.1, 0.15) is 0 Å². The summed E-state index contributed by atoms with van der Waals surface area (Å²) in [6, 6.07) is 5.22. The number of pyridine rings is 1. The molecule has 0 fully saturated rings. The van der Waals surface area contributed by atoms with Gasteiger partial charge < -0.3 is 14.5 Å². The number of nitrogens with zero attached hydrogens (tertiary/aromatic N) is 3. The summed E-state index contributed by atoms with van der Waals surface area (Å²) >= 11 is 0. The number of imidazole rings is 1. The SMILES string of the molecule is CCCNCCc1cn(CCn2ccccc2=O)cn1. The molecule has 2 aromatic heterocycles. The third kappa shape index (κ3) is 4.35. The van der Waals surface area contributed by atoms with Crippen LogP contribution in [0.15, 0.2) is 41.7 Å². The van der Waals surface area contributed by atoms with Crippen molar-refractivity contribution >= 4 is 0 Å². The second kappa shape index (κ2) is 7.65. The van der Waals surface area contributed by atoms with E-state index in [0.29, 0.717) is 6.54 Å². The Labute approximate surface area is 119 Å². The Morgan fingerprint density at radius 3 is 2.95 bits per heavy atom. The van der Waals surface area contributed by atoms with Gasteiger partial charge in [-0.15, -0.1) is 0 Å². The van der Waals surface area contributed by atoms with Crippen LogP contribution in [0.25, 0.3) is 0 Å². The molecule has 20 heavy (non-hydrogen) atoms. The number of aromatic nitrogens is 3. The Bertz CT molecular complexity index is 573. The van der Waals surface area contributed by atoms with Crippen LogP contribution >= 0.6 is 0 Å². The minimum absolute atomic E-state index is 0.0385. The molecule has 5 nitrogen and oxygen atoms in total. The number of nitrogens with one attached hydrogen (secondary N) is 1. The molecular weight excluding hydrogens is 252 g/mol. The van der Waals surface area contributed by atoms with Crippen molar-refractivity contribution < 1.29 is 0 Å². The normalized spacial score (nSPS) is 10.8. The van der Waals surface area contributed by atoms with Crippen LogP contribution in [-0.2, 0) is 19.5 Å². The van der Waals surface area contributed by atoms with Gasteiger partial charge in [0.2, 0.25) is 0 Å². The summed E-state index contributed by atoms with van der Waals surface area (Å²) in [6.45, 7) is 5.61. The highest BCUT2D eigenvalue weighted by Crippen LogP contribution is 1.98. The van der Waals surface area contributed by atoms with Gasteiger partial charge >= 0.3 is 0 Å². The largest absolute Gasteiger partial charge is 0.335 e. The Morgan fingerprint density at radius 1 is 1.25 bits per heavy atom. The van der Waals surface area contributed by atoms with Crippen LogP contribution in [0.3, 0.4) is 0 Å². The molecule has 0 spiro atoms. The highest BCUT2D eigenvalue weighted by atomic mass is 16.1. The monoisotopic (exact) mass is 274 g/mol. The lowest BCUT2D eigenvalue weighted by Gasteiger charge is -2.05. The smallest absolute Gasteiger partial charge is 0.250 e. The Hall–Kier alpha value is -1.88. The van der Waals surface area contributed by atoms with Crippen LogP contribution in [-0.4, -0.2) is 27.2 Å². The predicted octanol–water partition coefficient (Wildman–Crippen LogP) is 1.29. The van der Waals surface area contributed by atoms with Gasteiger partial charge in [0.05, 0.1) is 12.0 Å². The molecule has 0 aliphatic rings. The third-order valence-electron chi connectivity index (χ3n) is 3.17. The van der Waals surface area contributed by atoms with E-state index in [9.17, 15) is 4.79 Å². The van der Waals surface area contributed by atoms with Crippen LogP contribution in [0.4, 0.5) is 0 Å². The molecule has 0 aliphatic carbocycles. The van der Waals surface area contributed by atoms with Gasteiger partial charge in [0.25, 0.3) is 5.56 Å². The van der Waals surface area contributed by atoms with E-state index in [1.165, 1.54) is 0 Å². The van der Waals surface area contributed by atoms with Crippen LogP contribution in [0.1, 0.15) is 19.0 Å². The highest BCUT2D eigenvalue weighted by Gasteiger charge is 2.00. The van der Waals surface area contributed by atoms with Crippen LogP contribution < -0.4 is 10.9 Å². The first-order valence-electron chi connectivity index (χ1n) is 7.16. The minimum atomic E-state index is 0.0385. The summed E-state index contributed by atoms with van der Waals surface area (Å²) in [6.07, 6.45) is 7.80. The molecule has 0 unspecified atom stereocenters. The number of aryl methyl sites for hydroxylation is 2. The van der Waals surface area contributed by atoms with Crippen molar-refractivity contribution in [2.75, 3.05) is 13.1 Å². The van der Waals surface area contributed by atoms with Gasteiger partial charge in [-0.05, 0) is 19.0 Å². The molecule has 5 heteroatoms. The summed E-state index contributed by atoms with van der Waals surface area (Å²) in [5, 5.41) is 3.36. The van der Waals surface area contributed by atoms with Crippen molar-refractivity contribution in [1.29, 1.82) is 0 Å². The lowest BCUT2D eigenvalue weighted by molar-refractivity contribution is 0.564. The van der Waals surface area contributed by atoms with Crippen molar-refractivity contribution in [3.63, 3.8) is 0 Å². The summed E-state index contributed by atoms with van der Waals surface area (Å²) in [5.41, 5.74) is 1.13. The van der Waals surface area contributed by atoms with E-state index in [0.717, 1.165) is 38.2 Å². The summed E-state index contributed by atoms with van der Waals surface area (Å²) in [5.74, 6) is 0. The summed E-state index contributed by atoms with van der Waals surface area (Å²) < 4.78 is 3.75.